The lowest BCUT2D eigenvalue weighted by Gasteiger charge is -2.74. The van der Waals surface area contributed by atoms with Gasteiger partial charge in [0.25, 0.3) is 0 Å². The molecule has 2 N–H and O–H groups in total. The van der Waals surface area contributed by atoms with E-state index in [4.69, 9.17) is 9.47 Å². The number of carbonyl (C=O) groups is 4. The maximum Gasteiger partial charge on any atom is 0.310 e. The summed E-state index contributed by atoms with van der Waals surface area (Å²) in [6, 6.07) is -0.0202. The first-order valence-corrected chi connectivity index (χ1v) is 24.9. The van der Waals surface area contributed by atoms with E-state index in [2.05, 4.69) is 67.3 Å². The summed E-state index contributed by atoms with van der Waals surface area (Å²) in [5.41, 5.74) is -1.90. The van der Waals surface area contributed by atoms with Crippen molar-refractivity contribution in [2.24, 2.45) is 90.7 Å². The second-order valence-electron chi connectivity index (χ2n) is 26.1. The minimum atomic E-state index is -0.995. The van der Waals surface area contributed by atoms with Gasteiger partial charge in [0.05, 0.1) is 30.0 Å². The Morgan fingerprint density at radius 3 is 1.98 bits per heavy atom. The van der Waals surface area contributed by atoms with E-state index in [1.54, 1.807) is 0 Å². The van der Waals surface area contributed by atoms with Crippen LogP contribution in [0.2, 0.25) is 0 Å². The minimum Gasteiger partial charge on any atom is -0.481 e. The molecule has 0 aromatic rings. The highest BCUT2D eigenvalue weighted by molar-refractivity contribution is 5.86. The van der Waals surface area contributed by atoms with Gasteiger partial charge in [-0.3, -0.25) is 19.2 Å². The Morgan fingerprint density at radius 1 is 0.758 bits per heavy atom. The molecule has 1 aliphatic heterocycles. The Morgan fingerprint density at radius 2 is 1.40 bits per heavy atom. The lowest BCUT2D eigenvalue weighted by molar-refractivity contribution is -0.269. The fourth-order valence-corrected chi connectivity index (χ4v) is 18.2. The van der Waals surface area contributed by atoms with E-state index in [1.165, 1.54) is 5.57 Å². The Balaban J connectivity index is 1.04. The number of allylic oxidation sites excluding steroid dienone is 1. The molecule has 0 radical (unpaired) electrons. The average Bonchev–Trinajstić information content (AvgIpc) is 3.57. The van der Waals surface area contributed by atoms with Crippen LogP contribution >= 0.6 is 0 Å². The third-order valence-corrected chi connectivity index (χ3v) is 22.0. The predicted molar refractivity (Wildman–Crippen MR) is 241 cm³/mol. The molecule has 1 saturated heterocycles. The maximum atomic E-state index is 15.1. The molecule has 9 nitrogen and oxygen atoms in total. The molecule has 0 bridgehead atoms. The highest BCUT2D eigenvalue weighted by Gasteiger charge is 2.77. The molecular weight excluding hydrogens is 777 g/mol. The van der Waals surface area contributed by atoms with Gasteiger partial charge in [0.2, 0.25) is 11.8 Å². The molecule has 0 aromatic carbocycles. The zero-order valence-electron chi connectivity index (χ0n) is 41.1. The van der Waals surface area contributed by atoms with Gasteiger partial charge in [-0.1, -0.05) is 74.5 Å². The van der Waals surface area contributed by atoms with E-state index >= 15 is 4.79 Å². The number of carbonyl (C=O) groups excluding carboxylic acids is 3. The van der Waals surface area contributed by atoms with E-state index in [0.29, 0.717) is 62.8 Å². The first kappa shape index (κ1) is 46.1. The third kappa shape index (κ3) is 6.12. The summed E-state index contributed by atoms with van der Waals surface area (Å²) in [5.74, 6) is 0.700. The molecule has 7 saturated carbocycles. The Labute approximate surface area is 374 Å². The molecule has 1 heterocycles. The number of carboxylic acids is 1. The van der Waals surface area contributed by atoms with Crippen LogP contribution in [0.4, 0.5) is 0 Å². The van der Waals surface area contributed by atoms with E-state index < -0.39 is 33.7 Å². The summed E-state index contributed by atoms with van der Waals surface area (Å²) in [7, 11) is 0. The monoisotopic (exact) mass is 861 g/mol. The normalized spacial score (nSPS) is 46.3. The standard InChI is InChI=1S/C53H84N2O7/c1-31(2)32-17-22-52(43(58)54-39-29-34(46(39,6)7)41(56)55-25-27-61-28-26-55)24-23-50(13)33(40(32)52)15-16-38-49(12)20-18-37(47(8,9)36(49)19-21-51(38,50)14)53(44(59)60)30-35(48(53,10)11)42(57)62-45(3,4)5/h32-40H,1,15-30H2,2-14H3,(H,54,58)(H,59,60)/t32-,33+,34-,35+,36+,37-,38+,39-,40+,49+,50+,51+,52-,53-/m0/s1. The summed E-state index contributed by atoms with van der Waals surface area (Å²) in [4.78, 5) is 58.0. The number of ether oxygens (including phenoxy) is 2. The third-order valence-electron chi connectivity index (χ3n) is 22.0. The van der Waals surface area contributed by atoms with Gasteiger partial charge in [0.1, 0.15) is 5.60 Å². The Hall–Kier alpha value is -2.42. The van der Waals surface area contributed by atoms with Crippen molar-refractivity contribution in [1.29, 1.82) is 0 Å². The molecule has 0 spiro atoms. The number of hydrogen-bond acceptors (Lipinski definition) is 6. The van der Waals surface area contributed by atoms with Crippen LogP contribution in [0.3, 0.4) is 0 Å². The second kappa shape index (κ2) is 14.5. The summed E-state index contributed by atoms with van der Waals surface area (Å²) in [6.07, 6.45) is 11.2. The zero-order chi connectivity index (χ0) is 45.6. The molecule has 0 aromatic heterocycles. The zero-order valence-corrected chi connectivity index (χ0v) is 41.1. The number of fused-ring (bicyclic) bond motifs is 7. The van der Waals surface area contributed by atoms with Gasteiger partial charge in [0.15, 0.2) is 0 Å². The molecule has 7 aliphatic carbocycles. The van der Waals surface area contributed by atoms with Gasteiger partial charge in [-0.2, -0.15) is 0 Å². The quantitative estimate of drug-likeness (QED) is 0.193. The van der Waals surface area contributed by atoms with E-state index in [0.717, 1.165) is 64.2 Å². The summed E-state index contributed by atoms with van der Waals surface area (Å²) < 4.78 is 11.4. The van der Waals surface area contributed by atoms with Crippen molar-refractivity contribution in [2.45, 2.75) is 179 Å². The SMILES string of the molecule is C=C(C)[C@@H]1CC[C@]2(C(=O)N[C@H]3C[C@@H](C(=O)N4CCOCC4)C3(C)C)CC[C@]3(C)[C@H](CC[C@@H]4[C@]5(C)CC[C@H]([C@]6(C(=O)O)C[C@H](C(=O)OC(C)(C)C)C6(C)C)C(C)(C)[C@H]5CC[C@]43C)[C@@H]12. The van der Waals surface area contributed by atoms with Crippen LogP contribution in [0.1, 0.15) is 167 Å². The summed E-state index contributed by atoms with van der Waals surface area (Å²) in [5, 5.41) is 14.9. The van der Waals surface area contributed by atoms with Gasteiger partial charge in [0, 0.05) is 25.0 Å². The number of nitrogens with zero attached hydrogens (tertiary/aromatic N) is 1. The molecule has 8 aliphatic rings. The first-order valence-electron chi connectivity index (χ1n) is 24.9. The number of morpholine rings is 1. The van der Waals surface area contributed by atoms with Crippen molar-refractivity contribution in [3.63, 3.8) is 0 Å². The predicted octanol–water partition coefficient (Wildman–Crippen LogP) is 10.1. The van der Waals surface area contributed by atoms with Crippen LogP contribution in [0.25, 0.3) is 0 Å². The highest BCUT2D eigenvalue weighted by Crippen LogP contribution is 2.80. The number of esters is 1. The topological polar surface area (TPSA) is 122 Å². The largest absolute Gasteiger partial charge is 0.481 e. The second-order valence-corrected chi connectivity index (χ2v) is 26.1. The van der Waals surface area contributed by atoms with Crippen molar-refractivity contribution < 1.29 is 33.8 Å². The average molecular weight is 861 g/mol. The van der Waals surface area contributed by atoms with Crippen LogP contribution in [0, 0.1) is 90.7 Å². The van der Waals surface area contributed by atoms with Crippen LogP contribution in [0.15, 0.2) is 12.2 Å². The van der Waals surface area contributed by atoms with Crippen LogP contribution in [0.5, 0.6) is 0 Å². The van der Waals surface area contributed by atoms with Crippen LogP contribution in [-0.2, 0) is 28.7 Å². The van der Waals surface area contributed by atoms with Crippen molar-refractivity contribution >= 4 is 23.8 Å². The van der Waals surface area contributed by atoms with Gasteiger partial charge >= 0.3 is 11.9 Å². The van der Waals surface area contributed by atoms with Gasteiger partial charge < -0.3 is 24.8 Å². The number of amides is 2. The number of carboxylic acid groups (broad SMARTS) is 1. The van der Waals surface area contributed by atoms with Gasteiger partial charge in [-0.25, -0.2) is 0 Å². The van der Waals surface area contributed by atoms with E-state index in [9.17, 15) is 19.5 Å². The molecule has 348 valence electrons. The molecule has 14 atom stereocenters. The van der Waals surface area contributed by atoms with Crippen molar-refractivity contribution in [3.8, 4) is 0 Å². The van der Waals surface area contributed by atoms with Gasteiger partial charge in [-0.15, -0.1) is 0 Å². The Bertz CT molecular complexity index is 1870. The molecular formula is C53H84N2O7. The highest BCUT2D eigenvalue weighted by atomic mass is 16.6. The van der Waals surface area contributed by atoms with Gasteiger partial charge in [-0.05, 0) is 173 Å². The molecule has 62 heavy (non-hydrogen) atoms. The lowest BCUT2D eigenvalue weighted by atomic mass is 9.29. The smallest absolute Gasteiger partial charge is 0.310 e. The summed E-state index contributed by atoms with van der Waals surface area (Å²) >= 11 is 0. The van der Waals surface area contributed by atoms with Crippen molar-refractivity contribution in [1.82, 2.24) is 10.2 Å². The maximum absolute atomic E-state index is 15.1. The molecule has 0 unspecified atom stereocenters. The number of aliphatic carboxylic acids is 1. The Kier molecular flexibility index (Phi) is 10.8. The lowest BCUT2D eigenvalue weighted by Crippen LogP contribution is -2.71. The minimum absolute atomic E-state index is 0.0202. The van der Waals surface area contributed by atoms with E-state index in [1.807, 2.05) is 39.5 Å². The van der Waals surface area contributed by atoms with Crippen molar-refractivity contribution in [2.75, 3.05) is 26.3 Å². The fraction of sp³-hybridized carbons (Fsp3) is 0.887. The molecule has 8 rings (SSSR count). The summed E-state index contributed by atoms with van der Waals surface area (Å²) in [6.45, 7) is 35.9. The first-order chi connectivity index (χ1) is 28.6. The molecule has 2 amide bonds. The number of rotatable bonds is 7. The number of hydrogen-bond donors (Lipinski definition) is 2. The van der Waals surface area contributed by atoms with Crippen LogP contribution < -0.4 is 5.32 Å². The van der Waals surface area contributed by atoms with E-state index in [-0.39, 0.29) is 68.7 Å². The molecule has 8 fully saturated rings. The number of nitrogens with one attached hydrogen (secondary N) is 1. The van der Waals surface area contributed by atoms with Crippen LogP contribution in [-0.4, -0.2) is 71.7 Å². The molecule has 9 heteroatoms. The fourth-order valence-electron chi connectivity index (χ4n) is 18.2. The van der Waals surface area contributed by atoms with Crippen molar-refractivity contribution in [3.05, 3.63) is 12.2 Å².